The molecular weight excluding hydrogens is 705 g/mol. The van der Waals surface area contributed by atoms with Crippen molar-refractivity contribution in [2.24, 2.45) is 4.99 Å². The van der Waals surface area contributed by atoms with Crippen LogP contribution in [-0.2, 0) is 4.74 Å². The van der Waals surface area contributed by atoms with Crippen LogP contribution in [0, 0.1) is 0 Å². The summed E-state index contributed by atoms with van der Waals surface area (Å²) in [7, 11) is 0. The lowest BCUT2D eigenvalue weighted by molar-refractivity contribution is 0.350. The fourth-order valence-electron chi connectivity index (χ4n) is 7.59. The summed E-state index contributed by atoms with van der Waals surface area (Å²) in [6, 6.07) is 73.6. The van der Waals surface area contributed by atoms with Crippen LogP contribution < -0.4 is 4.90 Å². The number of rotatable bonds is 9. The van der Waals surface area contributed by atoms with Gasteiger partial charge in [0.15, 0.2) is 0 Å². The Bertz CT molecular complexity index is 2700. The van der Waals surface area contributed by atoms with Crippen LogP contribution >= 0.6 is 0 Å². The first-order chi connectivity index (χ1) is 28.8. The molecule has 0 amide bonds. The molecule has 58 heavy (non-hydrogen) atoms. The van der Waals surface area contributed by atoms with Crippen molar-refractivity contribution >= 4 is 23.0 Å². The Balaban J connectivity index is 1.00. The molecule has 1 aliphatic rings. The molecule has 0 fully saturated rings. The van der Waals surface area contributed by atoms with Gasteiger partial charge in [-0.05, 0) is 110 Å². The zero-order chi connectivity index (χ0) is 38.9. The van der Waals surface area contributed by atoms with E-state index < -0.39 is 0 Å². The lowest BCUT2D eigenvalue weighted by Gasteiger charge is -2.26. The molecule has 8 aromatic carbocycles. The van der Waals surface area contributed by atoms with Crippen LogP contribution in [0.4, 0.5) is 17.1 Å². The molecule has 0 N–H and O–H groups in total. The minimum Gasteiger partial charge on any atom is -0.473 e. The summed E-state index contributed by atoms with van der Waals surface area (Å²) in [4.78, 5) is 6.99. The number of aliphatic imine (C=N–C) groups is 1. The molecule has 0 aromatic heterocycles. The number of benzene rings is 8. The Labute approximate surface area is 341 Å². The summed E-state index contributed by atoms with van der Waals surface area (Å²) in [6.45, 7) is 1.08. The van der Waals surface area contributed by atoms with E-state index in [0.29, 0.717) is 19.0 Å². The second-order valence-corrected chi connectivity index (χ2v) is 14.2. The molecule has 0 atom stereocenters. The minimum absolute atomic E-state index is 0.495. The molecule has 1 aliphatic heterocycles. The molecule has 278 valence electrons. The second kappa shape index (κ2) is 17.1. The van der Waals surface area contributed by atoms with E-state index in [4.69, 9.17) is 4.74 Å². The number of para-hydroxylation sites is 1. The fraction of sp³-hybridized carbons (Fsp3) is 0.0364. The maximum absolute atomic E-state index is 5.98. The van der Waals surface area contributed by atoms with E-state index in [1.165, 1.54) is 44.5 Å². The van der Waals surface area contributed by atoms with Gasteiger partial charge in [0, 0.05) is 22.6 Å². The first kappa shape index (κ1) is 36.2. The van der Waals surface area contributed by atoms with Gasteiger partial charge in [0.05, 0.1) is 6.54 Å². The van der Waals surface area contributed by atoms with E-state index in [-0.39, 0.29) is 0 Å². The van der Waals surface area contributed by atoms with Crippen LogP contribution in [-0.4, -0.2) is 19.0 Å². The Morgan fingerprint density at radius 2 is 0.707 bits per heavy atom. The molecule has 0 aliphatic carbocycles. The Morgan fingerprint density at radius 1 is 0.328 bits per heavy atom. The average molecular weight is 747 g/mol. The maximum Gasteiger partial charge on any atom is 0.216 e. The third-order valence-corrected chi connectivity index (χ3v) is 10.5. The minimum atomic E-state index is 0.495. The third-order valence-electron chi connectivity index (χ3n) is 10.5. The van der Waals surface area contributed by atoms with Gasteiger partial charge in [-0.1, -0.05) is 176 Å². The Morgan fingerprint density at radius 3 is 1.26 bits per heavy atom. The van der Waals surface area contributed by atoms with Gasteiger partial charge in [-0.3, -0.25) is 0 Å². The molecule has 0 unspecified atom stereocenters. The Kier molecular flexibility index (Phi) is 10.7. The first-order valence-electron chi connectivity index (χ1n) is 19.8. The molecule has 3 nitrogen and oxygen atoms in total. The lowest BCUT2D eigenvalue weighted by Crippen LogP contribution is -2.09. The summed E-state index contributed by atoms with van der Waals surface area (Å²) in [5, 5.41) is 0. The summed E-state index contributed by atoms with van der Waals surface area (Å²) in [5.41, 5.74) is 16.1. The highest BCUT2D eigenvalue weighted by atomic mass is 16.5. The third kappa shape index (κ3) is 7.93. The number of anilines is 3. The van der Waals surface area contributed by atoms with Crippen molar-refractivity contribution in [2.75, 3.05) is 18.1 Å². The van der Waals surface area contributed by atoms with Crippen LogP contribution in [0.15, 0.2) is 236 Å². The molecule has 3 heteroatoms. The predicted molar refractivity (Wildman–Crippen MR) is 244 cm³/mol. The summed E-state index contributed by atoms with van der Waals surface area (Å²) in [6.07, 6.45) is 8.04. The lowest BCUT2D eigenvalue weighted by atomic mass is 9.89. The molecule has 0 spiro atoms. The van der Waals surface area contributed by atoms with Gasteiger partial charge in [-0.25, -0.2) is 4.99 Å². The molecule has 8 aromatic rings. The molecule has 0 radical (unpaired) electrons. The quantitative estimate of drug-likeness (QED) is 0.147. The SMILES string of the molecule is C1=CCN=C(c2ccc(-c3ccccc3-c3ccccc3-c3ccc(N(c4ccccc4)c4ccc(-c5ccc(-c6ccccc6)cc5)cc4)cc3)cc2)OCC=C1. The predicted octanol–water partition coefficient (Wildman–Crippen LogP) is 14.4. The molecule has 0 bridgehead atoms. The van der Waals surface area contributed by atoms with Crippen molar-refractivity contribution in [3.8, 4) is 55.6 Å². The van der Waals surface area contributed by atoms with Crippen molar-refractivity contribution < 1.29 is 4.74 Å². The van der Waals surface area contributed by atoms with Crippen molar-refractivity contribution in [1.29, 1.82) is 0 Å². The molecule has 0 saturated carbocycles. The summed E-state index contributed by atoms with van der Waals surface area (Å²) in [5.74, 6) is 0.665. The zero-order valence-electron chi connectivity index (χ0n) is 32.2. The first-order valence-corrected chi connectivity index (χ1v) is 19.8. The normalized spacial score (nSPS) is 12.4. The van der Waals surface area contributed by atoms with Crippen LogP contribution in [0.3, 0.4) is 0 Å². The van der Waals surface area contributed by atoms with Crippen LogP contribution in [0.2, 0.25) is 0 Å². The highest BCUT2D eigenvalue weighted by molar-refractivity contribution is 5.96. The number of hydrogen-bond donors (Lipinski definition) is 0. The van der Waals surface area contributed by atoms with Crippen LogP contribution in [0.5, 0.6) is 0 Å². The largest absolute Gasteiger partial charge is 0.473 e. The van der Waals surface area contributed by atoms with E-state index >= 15 is 0 Å². The van der Waals surface area contributed by atoms with Crippen molar-refractivity contribution in [1.82, 2.24) is 0 Å². The second-order valence-electron chi connectivity index (χ2n) is 14.2. The van der Waals surface area contributed by atoms with E-state index in [9.17, 15) is 0 Å². The van der Waals surface area contributed by atoms with Gasteiger partial charge in [-0.2, -0.15) is 0 Å². The van der Waals surface area contributed by atoms with Gasteiger partial charge < -0.3 is 9.64 Å². The van der Waals surface area contributed by atoms with E-state index in [0.717, 1.165) is 33.8 Å². The average Bonchev–Trinajstić information content (AvgIpc) is 3.45. The molecular formula is C55H42N2O. The van der Waals surface area contributed by atoms with Crippen LogP contribution in [0.25, 0.3) is 55.6 Å². The molecule has 1 heterocycles. The van der Waals surface area contributed by atoms with Crippen molar-refractivity contribution in [3.05, 3.63) is 236 Å². The highest BCUT2D eigenvalue weighted by Gasteiger charge is 2.16. The van der Waals surface area contributed by atoms with Gasteiger partial charge in [0.2, 0.25) is 5.90 Å². The number of allylic oxidation sites excluding steroid dienone is 2. The summed E-state index contributed by atoms with van der Waals surface area (Å²) < 4.78 is 5.98. The van der Waals surface area contributed by atoms with E-state index in [1.54, 1.807) is 0 Å². The number of nitrogens with zero attached hydrogens (tertiary/aromatic N) is 2. The van der Waals surface area contributed by atoms with Gasteiger partial charge in [0.25, 0.3) is 0 Å². The number of hydrogen-bond acceptors (Lipinski definition) is 3. The molecule has 0 saturated heterocycles. The smallest absolute Gasteiger partial charge is 0.216 e. The topological polar surface area (TPSA) is 24.8 Å². The van der Waals surface area contributed by atoms with Gasteiger partial charge in [0.1, 0.15) is 6.61 Å². The van der Waals surface area contributed by atoms with E-state index in [1.807, 2.05) is 24.3 Å². The number of ether oxygens (including phenoxy) is 1. The van der Waals surface area contributed by atoms with E-state index in [2.05, 4.69) is 216 Å². The van der Waals surface area contributed by atoms with Crippen LogP contribution in [0.1, 0.15) is 5.56 Å². The Hall–Kier alpha value is -7.49. The van der Waals surface area contributed by atoms with Crippen molar-refractivity contribution in [3.63, 3.8) is 0 Å². The summed E-state index contributed by atoms with van der Waals surface area (Å²) >= 11 is 0. The highest BCUT2D eigenvalue weighted by Crippen LogP contribution is 2.41. The standard InChI is InChI=1S/C55H42N2O/c1-2-14-40-58-55(56-39-13-1)47-29-27-45(28-30-47)51-19-9-11-21-53(51)54-22-12-10-20-52(54)46-33-37-50(38-34-46)57(48-17-7-4-8-18-48)49-35-31-44(32-36-49)43-25-23-42(24-26-43)41-15-5-3-6-16-41/h1-38H,39-40H2. The molecule has 9 rings (SSSR count). The van der Waals surface area contributed by atoms with Gasteiger partial charge in [-0.15, -0.1) is 0 Å². The monoisotopic (exact) mass is 746 g/mol. The van der Waals surface area contributed by atoms with Gasteiger partial charge >= 0.3 is 0 Å². The maximum atomic E-state index is 5.98. The van der Waals surface area contributed by atoms with Crippen molar-refractivity contribution in [2.45, 2.75) is 0 Å². The zero-order valence-corrected chi connectivity index (χ0v) is 32.2. The fourth-order valence-corrected chi connectivity index (χ4v) is 7.59.